The van der Waals surface area contributed by atoms with Crippen molar-refractivity contribution in [2.75, 3.05) is 26.2 Å². The van der Waals surface area contributed by atoms with Gasteiger partial charge in [0.05, 0.1) is 0 Å². The fraction of sp³-hybridized carbons (Fsp3) is 0.389. The molecule has 2 amide bonds. The fourth-order valence-corrected chi connectivity index (χ4v) is 3.23. The number of rotatable bonds is 3. The zero-order valence-electron chi connectivity index (χ0n) is 13.7. The summed E-state index contributed by atoms with van der Waals surface area (Å²) in [6, 6.07) is 8.75. The van der Waals surface area contributed by atoms with Crippen LogP contribution in [0.3, 0.4) is 0 Å². The second-order valence-electron chi connectivity index (χ2n) is 6.57. The van der Waals surface area contributed by atoms with E-state index in [2.05, 4.69) is 10.2 Å². The summed E-state index contributed by atoms with van der Waals surface area (Å²) in [5.74, 6) is 0.448. The average molecular weight is 359 g/mol. The SMILES string of the molecule is O=C(c1ccc(Cl)cc1)N1CCN(C(=O)c2cc(C3CC3)[nH]n2)CC1. The number of aromatic nitrogens is 2. The van der Waals surface area contributed by atoms with E-state index in [0.717, 1.165) is 5.69 Å². The van der Waals surface area contributed by atoms with Gasteiger partial charge < -0.3 is 9.80 Å². The van der Waals surface area contributed by atoms with Crippen LogP contribution < -0.4 is 0 Å². The first kappa shape index (κ1) is 16.1. The third kappa shape index (κ3) is 3.39. The second kappa shape index (κ2) is 6.52. The van der Waals surface area contributed by atoms with Crippen molar-refractivity contribution >= 4 is 23.4 Å². The average Bonchev–Trinajstić information content (AvgIpc) is 3.38. The molecule has 2 heterocycles. The summed E-state index contributed by atoms with van der Waals surface area (Å²) in [6.07, 6.45) is 2.34. The van der Waals surface area contributed by atoms with Crippen LogP contribution in [0.1, 0.15) is 45.3 Å². The first-order valence-electron chi connectivity index (χ1n) is 8.51. The first-order chi connectivity index (χ1) is 12.1. The summed E-state index contributed by atoms with van der Waals surface area (Å²) in [7, 11) is 0. The number of carbonyl (C=O) groups excluding carboxylic acids is 2. The maximum Gasteiger partial charge on any atom is 0.274 e. The van der Waals surface area contributed by atoms with Crippen molar-refractivity contribution in [3.05, 3.63) is 52.3 Å². The van der Waals surface area contributed by atoms with Crippen LogP contribution in [0.15, 0.2) is 30.3 Å². The van der Waals surface area contributed by atoms with Crippen molar-refractivity contribution in [2.45, 2.75) is 18.8 Å². The van der Waals surface area contributed by atoms with Crippen molar-refractivity contribution in [1.29, 1.82) is 0 Å². The summed E-state index contributed by atoms with van der Waals surface area (Å²) < 4.78 is 0. The molecule has 0 unspecified atom stereocenters. The molecule has 2 fully saturated rings. The van der Waals surface area contributed by atoms with Gasteiger partial charge in [-0.25, -0.2) is 0 Å². The van der Waals surface area contributed by atoms with E-state index >= 15 is 0 Å². The van der Waals surface area contributed by atoms with Crippen LogP contribution in [-0.2, 0) is 0 Å². The van der Waals surface area contributed by atoms with Crippen molar-refractivity contribution < 1.29 is 9.59 Å². The third-order valence-electron chi connectivity index (χ3n) is 4.78. The van der Waals surface area contributed by atoms with Crippen LogP contribution in [0.25, 0.3) is 0 Å². The Morgan fingerprint density at radius 1 is 1.00 bits per heavy atom. The predicted molar refractivity (Wildman–Crippen MR) is 93.8 cm³/mol. The van der Waals surface area contributed by atoms with Gasteiger partial charge in [-0.2, -0.15) is 5.10 Å². The van der Waals surface area contributed by atoms with Gasteiger partial charge in [0.25, 0.3) is 11.8 Å². The second-order valence-corrected chi connectivity index (χ2v) is 7.01. The first-order valence-corrected chi connectivity index (χ1v) is 8.89. The van der Waals surface area contributed by atoms with Crippen LogP contribution in [-0.4, -0.2) is 58.0 Å². The zero-order chi connectivity index (χ0) is 17.4. The minimum absolute atomic E-state index is 0.0282. The normalized spacial score (nSPS) is 17.6. The van der Waals surface area contributed by atoms with Gasteiger partial charge in [0, 0.05) is 48.4 Å². The molecule has 7 heteroatoms. The van der Waals surface area contributed by atoms with Gasteiger partial charge in [0.1, 0.15) is 5.69 Å². The zero-order valence-corrected chi connectivity index (χ0v) is 14.5. The topological polar surface area (TPSA) is 69.3 Å². The molecule has 1 aliphatic carbocycles. The molecule has 2 aromatic rings. The summed E-state index contributed by atoms with van der Waals surface area (Å²) in [4.78, 5) is 28.6. The molecule has 0 bridgehead atoms. The Bertz CT molecular complexity index is 790. The lowest BCUT2D eigenvalue weighted by molar-refractivity contribution is 0.0532. The van der Waals surface area contributed by atoms with Gasteiger partial charge in [-0.15, -0.1) is 0 Å². The highest BCUT2D eigenvalue weighted by Crippen LogP contribution is 2.39. The van der Waals surface area contributed by atoms with Gasteiger partial charge in [0.15, 0.2) is 0 Å². The lowest BCUT2D eigenvalue weighted by Gasteiger charge is -2.34. The molecule has 1 aliphatic heterocycles. The van der Waals surface area contributed by atoms with Crippen molar-refractivity contribution in [2.24, 2.45) is 0 Å². The maximum atomic E-state index is 12.6. The molecule has 1 saturated heterocycles. The summed E-state index contributed by atoms with van der Waals surface area (Å²) in [5, 5.41) is 7.73. The Balaban J connectivity index is 1.36. The number of hydrogen-bond acceptors (Lipinski definition) is 3. The number of benzene rings is 1. The number of halogens is 1. The molecule has 6 nitrogen and oxygen atoms in total. The molecule has 1 N–H and O–H groups in total. The molecule has 130 valence electrons. The lowest BCUT2D eigenvalue weighted by atomic mass is 10.1. The Labute approximate surface area is 150 Å². The molecular weight excluding hydrogens is 340 g/mol. The molecule has 25 heavy (non-hydrogen) atoms. The maximum absolute atomic E-state index is 12.6. The number of aromatic amines is 1. The van der Waals surface area contributed by atoms with E-state index < -0.39 is 0 Å². The lowest BCUT2D eigenvalue weighted by Crippen LogP contribution is -2.50. The van der Waals surface area contributed by atoms with Gasteiger partial charge in [0.2, 0.25) is 0 Å². The largest absolute Gasteiger partial charge is 0.335 e. The molecule has 4 rings (SSSR count). The number of piperazine rings is 1. The van der Waals surface area contributed by atoms with Gasteiger partial charge in [-0.05, 0) is 43.2 Å². The molecule has 1 aromatic carbocycles. The van der Waals surface area contributed by atoms with E-state index in [1.807, 2.05) is 6.07 Å². The van der Waals surface area contributed by atoms with Gasteiger partial charge in [-0.3, -0.25) is 14.7 Å². The monoisotopic (exact) mass is 358 g/mol. The van der Waals surface area contributed by atoms with Crippen molar-refractivity contribution in [3.63, 3.8) is 0 Å². The summed E-state index contributed by atoms with van der Waals surface area (Å²) in [5.41, 5.74) is 2.14. The number of hydrogen-bond donors (Lipinski definition) is 1. The highest BCUT2D eigenvalue weighted by atomic mass is 35.5. The van der Waals surface area contributed by atoms with Crippen molar-refractivity contribution in [1.82, 2.24) is 20.0 Å². The number of amides is 2. The van der Waals surface area contributed by atoms with Gasteiger partial charge >= 0.3 is 0 Å². The van der Waals surface area contributed by atoms with E-state index in [1.54, 1.807) is 34.1 Å². The molecule has 1 saturated carbocycles. The molecule has 0 atom stereocenters. The highest BCUT2D eigenvalue weighted by Gasteiger charge is 2.29. The molecule has 0 spiro atoms. The van der Waals surface area contributed by atoms with Crippen molar-refractivity contribution in [3.8, 4) is 0 Å². The Kier molecular flexibility index (Phi) is 4.21. The number of nitrogens with one attached hydrogen (secondary N) is 1. The minimum atomic E-state index is -0.0678. The van der Waals surface area contributed by atoms with E-state index in [-0.39, 0.29) is 11.8 Å². The minimum Gasteiger partial charge on any atom is -0.335 e. The van der Waals surface area contributed by atoms with Crippen LogP contribution in [0.4, 0.5) is 0 Å². The number of H-pyrrole nitrogens is 1. The van der Waals surface area contributed by atoms with Crippen LogP contribution in [0.5, 0.6) is 0 Å². The number of nitrogens with zero attached hydrogens (tertiary/aromatic N) is 3. The van der Waals surface area contributed by atoms with Crippen LogP contribution in [0, 0.1) is 0 Å². The quantitative estimate of drug-likeness (QED) is 0.916. The Hall–Kier alpha value is -2.34. The molecule has 2 aliphatic rings. The fourth-order valence-electron chi connectivity index (χ4n) is 3.10. The predicted octanol–water partition coefficient (Wildman–Crippen LogP) is 2.54. The van der Waals surface area contributed by atoms with E-state index in [9.17, 15) is 9.59 Å². The standard InChI is InChI=1S/C18H19ClN4O2/c19-14-5-3-13(4-6-14)17(24)22-7-9-23(10-8-22)18(25)16-11-15(20-21-16)12-1-2-12/h3-6,11-12H,1-2,7-10H2,(H,20,21). The van der Waals surface area contributed by atoms with Crippen LogP contribution in [0.2, 0.25) is 5.02 Å². The third-order valence-corrected chi connectivity index (χ3v) is 5.03. The van der Waals surface area contributed by atoms with E-state index in [4.69, 9.17) is 11.6 Å². The summed E-state index contributed by atoms with van der Waals surface area (Å²) >= 11 is 5.86. The molecule has 0 radical (unpaired) electrons. The van der Waals surface area contributed by atoms with Gasteiger partial charge in [-0.1, -0.05) is 11.6 Å². The number of carbonyl (C=O) groups is 2. The van der Waals surface area contributed by atoms with E-state index in [1.165, 1.54) is 12.8 Å². The van der Waals surface area contributed by atoms with E-state index in [0.29, 0.717) is 48.4 Å². The summed E-state index contributed by atoms with van der Waals surface area (Å²) in [6.45, 7) is 2.08. The highest BCUT2D eigenvalue weighted by molar-refractivity contribution is 6.30. The molecule has 1 aromatic heterocycles. The molecular formula is C18H19ClN4O2. The van der Waals surface area contributed by atoms with Crippen LogP contribution >= 0.6 is 11.6 Å². The Morgan fingerprint density at radius 2 is 1.60 bits per heavy atom. The Morgan fingerprint density at radius 3 is 2.20 bits per heavy atom. The smallest absolute Gasteiger partial charge is 0.274 e.